The Morgan fingerprint density at radius 1 is 1.16 bits per heavy atom. The minimum atomic E-state index is -0.368. The average molecular weight is 323 g/mol. The molecule has 3 nitrogen and oxygen atoms in total. The first kappa shape index (κ1) is 13.5. The van der Waals surface area contributed by atoms with Gasteiger partial charge in [-0.3, -0.25) is 0 Å². The van der Waals surface area contributed by atoms with Crippen molar-refractivity contribution in [2.45, 2.75) is 6.92 Å². The summed E-state index contributed by atoms with van der Waals surface area (Å²) in [5.74, 6) is -0.324. The fourth-order valence-corrected chi connectivity index (χ4v) is 2.02. The van der Waals surface area contributed by atoms with Gasteiger partial charge in [-0.15, -0.1) is 0 Å². The Labute approximate surface area is 119 Å². The number of urea groups is 1. The second-order valence-corrected chi connectivity index (χ2v) is 4.96. The third-order valence-electron chi connectivity index (χ3n) is 2.52. The molecule has 0 unspecified atom stereocenters. The van der Waals surface area contributed by atoms with E-state index in [0.29, 0.717) is 16.9 Å². The second-order valence-electron chi connectivity index (χ2n) is 4.05. The molecule has 2 rings (SSSR count). The highest BCUT2D eigenvalue weighted by Crippen LogP contribution is 2.18. The molecule has 0 aliphatic heterocycles. The monoisotopic (exact) mass is 322 g/mol. The standard InChI is InChI=1S/C14H12BrFN2O/c1-9-7-11(16)5-6-13(9)18-14(19)17-12-4-2-3-10(15)8-12/h2-8H,1H3,(H2,17,18,19). The first-order chi connectivity index (χ1) is 9.04. The molecule has 0 saturated carbocycles. The van der Waals surface area contributed by atoms with Crippen molar-refractivity contribution < 1.29 is 9.18 Å². The highest BCUT2D eigenvalue weighted by atomic mass is 79.9. The number of carbonyl (C=O) groups excluding carboxylic acids is 1. The van der Waals surface area contributed by atoms with Gasteiger partial charge in [-0.1, -0.05) is 22.0 Å². The van der Waals surface area contributed by atoms with Crippen molar-refractivity contribution >= 4 is 33.3 Å². The lowest BCUT2D eigenvalue weighted by Crippen LogP contribution is -2.19. The Kier molecular flexibility index (Phi) is 4.16. The third kappa shape index (κ3) is 3.79. The molecule has 19 heavy (non-hydrogen) atoms. The summed E-state index contributed by atoms with van der Waals surface area (Å²) in [5, 5.41) is 5.37. The van der Waals surface area contributed by atoms with Crippen LogP contribution in [0.2, 0.25) is 0 Å². The number of carbonyl (C=O) groups is 1. The van der Waals surface area contributed by atoms with E-state index in [1.165, 1.54) is 18.2 Å². The number of anilines is 2. The van der Waals surface area contributed by atoms with Gasteiger partial charge in [-0.2, -0.15) is 0 Å². The molecule has 0 aliphatic rings. The van der Waals surface area contributed by atoms with Crippen molar-refractivity contribution in [1.82, 2.24) is 0 Å². The Hall–Kier alpha value is -1.88. The zero-order chi connectivity index (χ0) is 13.8. The fraction of sp³-hybridized carbons (Fsp3) is 0.0714. The number of nitrogens with one attached hydrogen (secondary N) is 2. The number of hydrogen-bond acceptors (Lipinski definition) is 1. The number of benzene rings is 2. The van der Waals surface area contributed by atoms with Crippen LogP contribution in [0.1, 0.15) is 5.56 Å². The Morgan fingerprint density at radius 3 is 2.63 bits per heavy atom. The van der Waals surface area contributed by atoms with Crippen LogP contribution in [-0.2, 0) is 0 Å². The van der Waals surface area contributed by atoms with Crippen LogP contribution in [0.5, 0.6) is 0 Å². The highest BCUT2D eigenvalue weighted by molar-refractivity contribution is 9.10. The quantitative estimate of drug-likeness (QED) is 0.837. The lowest BCUT2D eigenvalue weighted by Gasteiger charge is -2.10. The molecule has 0 aromatic heterocycles. The lowest BCUT2D eigenvalue weighted by atomic mass is 10.2. The summed E-state index contributed by atoms with van der Waals surface area (Å²) in [6.07, 6.45) is 0. The number of aryl methyl sites for hydroxylation is 1. The molecule has 0 aliphatic carbocycles. The van der Waals surface area contributed by atoms with Gasteiger partial charge < -0.3 is 10.6 Å². The van der Waals surface area contributed by atoms with E-state index in [1.807, 2.05) is 12.1 Å². The molecule has 2 amide bonds. The van der Waals surface area contributed by atoms with Crippen LogP contribution in [0, 0.1) is 12.7 Å². The maximum Gasteiger partial charge on any atom is 0.323 e. The summed E-state index contributed by atoms with van der Waals surface area (Å²) >= 11 is 3.33. The first-order valence-electron chi connectivity index (χ1n) is 5.64. The minimum absolute atomic E-state index is 0.324. The Bertz CT molecular complexity index is 616. The van der Waals surface area contributed by atoms with E-state index in [1.54, 1.807) is 19.1 Å². The molecule has 0 bridgehead atoms. The summed E-state index contributed by atoms with van der Waals surface area (Å²) in [4.78, 5) is 11.8. The van der Waals surface area contributed by atoms with Crippen molar-refractivity contribution in [3.8, 4) is 0 Å². The molecule has 2 N–H and O–H groups in total. The molecule has 5 heteroatoms. The number of halogens is 2. The smallest absolute Gasteiger partial charge is 0.308 e. The van der Waals surface area contributed by atoms with E-state index in [2.05, 4.69) is 26.6 Å². The van der Waals surface area contributed by atoms with Gasteiger partial charge in [-0.05, 0) is 48.9 Å². The van der Waals surface area contributed by atoms with Crippen molar-refractivity contribution in [3.63, 3.8) is 0 Å². The predicted octanol–water partition coefficient (Wildman–Crippen LogP) is 4.54. The van der Waals surface area contributed by atoms with Gasteiger partial charge in [0.05, 0.1) is 0 Å². The van der Waals surface area contributed by atoms with Crippen molar-refractivity contribution in [2.24, 2.45) is 0 Å². The molecular weight excluding hydrogens is 311 g/mol. The highest BCUT2D eigenvalue weighted by Gasteiger charge is 2.05. The normalized spacial score (nSPS) is 10.1. The molecule has 0 spiro atoms. The predicted molar refractivity (Wildman–Crippen MR) is 77.9 cm³/mol. The Balaban J connectivity index is 2.05. The molecule has 2 aromatic rings. The van der Waals surface area contributed by atoms with E-state index in [4.69, 9.17) is 0 Å². The maximum atomic E-state index is 12.9. The average Bonchev–Trinajstić information content (AvgIpc) is 2.33. The summed E-state index contributed by atoms with van der Waals surface area (Å²) in [6, 6.07) is 11.1. The van der Waals surface area contributed by atoms with Crippen LogP contribution in [0.3, 0.4) is 0 Å². The van der Waals surface area contributed by atoms with Gasteiger partial charge in [0.1, 0.15) is 5.82 Å². The van der Waals surface area contributed by atoms with Gasteiger partial charge in [-0.25, -0.2) is 9.18 Å². The second kappa shape index (κ2) is 5.84. The number of rotatable bonds is 2. The van der Waals surface area contributed by atoms with Gasteiger partial charge in [0.15, 0.2) is 0 Å². The zero-order valence-corrected chi connectivity index (χ0v) is 11.8. The third-order valence-corrected chi connectivity index (χ3v) is 3.01. The van der Waals surface area contributed by atoms with Crippen LogP contribution in [-0.4, -0.2) is 6.03 Å². The Morgan fingerprint density at radius 2 is 1.95 bits per heavy atom. The molecule has 0 heterocycles. The number of amides is 2. The fourth-order valence-electron chi connectivity index (χ4n) is 1.62. The summed E-state index contributed by atoms with van der Waals surface area (Å²) in [7, 11) is 0. The summed E-state index contributed by atoms with van der Waals surface area (Å²) in [5.41, 5.74) is 1.92. The molecule has 2 aromatic carbocycles. The summed E-state index contributed by atoms with van der Waals surface area (Å²) < 4.78 is 13.8. The minimum Gasteiger partial charge on any atom is -0.308 e. The molecular formula is C14H12BrFN2O. The van der Waals surface area contributed by atoms with E-state index in [0.717, 1.165) is 4.47 Å². The lowest BCUT2D eigenvalue weighted by molar-refractivity contribution is 0.262. The van der Waals surface area contributed by atoms with E-state index in [9.17, 15) is 9.18 Å². The van der Waals surface area contributed by atoms with E-state index in [-0.39, 0.29) is 11.8 Å². The molecule has 98 valence electrons. The van der Waals surface area contributed by atoms with Crippen molar-refractivity contribution in [1.29, 1.82) is 0 Å². The van der Waals surface area contributed by atoms with Gasteiger partial charge in [0.25, 0.3) is 0 Å². The topological polar surface area (TPSA) is 41.1 Å². The first-order valence-corrected chi connectivity index (χ1v) is 6.43. The van der Waals surface area contributed by atoms with Crippen LogP contribution >= 0.6 is 15.9 Å². The number of hydrogen-bond donors (Lipinski definition) is 2. The maximum absolute atomic E-state index is 12.9. The van der Waals surface area contributed by atoms with Crippen LogP contribution < -0.4 is 10.6 Å². The molecule has 0 saturated heterocycles. The van der Waals surface area contributed by atoms with E-state index >= 15 is 0 Å². The summed E-state index contributed by atoms with van der Waals surface area (Å²) in [6.45, 7) is 1.73. The van der Waals surface area contributed by atoms with E-state index < -0.39 is 0 Å². The van der Waals surface area contributed by atoms with Crippen LogP contribution in [0.15, 0.2) is 46.9 Å². The van der Waals surface area contributed by atoms with Crippen molar-refractivity contribution in [3.05, 3.63) is 58.3 Å². The largest absolute Gasteiger partial charge is 0.323 e. The van der Waals surface area contributed by atoms with Crippen molar-refractivity contribution in [2.75, 3.05) is 10.6 Å². The van der Waals surface area contributed by atoms with Gasteiger partial charge in [0.2, 0.25) is 0 Å². The van der Waals surface area contributed by atoms with Gasteiger partial charge in [0, 0.05) is 15.8 Å². The van der Waals surface area contributed by atoms with Gasteiger partial charge >= 0.3 is 6.03 Å². The van der Waals surface area contributed by atoms with Crippen LogP contribution in [0.25, 0.3) is 0 Å². The van der Waals surface area contributed by atoms with Crippen LogP contribution in [0.4, 0.5) is 20.6 Å². The molecule has 0 fully saturated rings. The zero-order valence-electron chi connectivity index (χ0n) is 10.2. The molecule has 0 atom stereocenters. The molecule has 0 radical (unpaired) electrons. The SMILES string of the molecule is Cc1cc(F)ccc1NC(=O)Nc1cccc(Br)c1.